The average molecular weight is 330 g/mol. The largest absolute Gasteiger partial charge is 0.398 e. The molecular formula is C11H14N4O2S3. The van der Waals surface area contributed by atoms with Crippen molar-refractivity contribution in [1.29, 1.82) is 0 Å². The number of sulfonamides is 1. The minimum atomic E-state index is -3.53. The van der Waals surface area contributed by atoms with E-state index >= 15 is 0 Å². The molecule has 6 nitrogen and oxygen atoms in total. The lowest BCUT2D eigenvalue weighted by Gasteiger charge is -2.07. The van der Waals surface area contributed by atoms with Crippen LogP contribution in [0.15, 0.2) is 32.3 Å². The molecule has 3 N–H and O–H groups in total. The van der Waals surface area contributed by atoms with Gasteiger partial charge in [-0.1, -0.05) is 18.7 Å². The number of nitrogens with one attached hydrogen (secondary N) is 1. The predicted molar refractivity (Wildman–Crippen MR) is 80.5 cm³/mol. The van der Waals surface area contributed by atoms with E-state index in [0.717, 1.165) is 21.5 Å². The summed E-state index contributed by atoms with van der Waals surface area (Å²) in [6, 6.07) is 4.82. The van der Waals surface area contributed by atoms with Crippen LogP contribution in [0, 0.1) is 0 Å². The van der Waals surface area contributed by atoms with Crippen molar-refractivity contribution >= 4 is 39.0 Å². The monoisotopic (exact) mass is 330 g/mol. The Morgan fingerprint density at radius 1 is 1.45 bits per heavy atom. The van der Waals surface area contributed by atoms with Crippen LogP contribution >= 0.6 is 23.3 Å². The number of nitrogen functional groups attached to an aromatic ring is 1. The molecule has 2 rings (SSSR count). The number of hydrogen-bond donors (Lipinski definition) is 2. The van der Waals surface area contributed by atoms with Crippen molar-refractivity contribution in [3.8, 4) is 0 Å². The summed E-state index contributed by atoms with van der Waals surface area (Å²) in [5.41, 5.74) is 6.02. The zero-order valence-corrected chi connectivity index (χ0v) is 13.4. The van der Waals surface area contributed by atoms with Gasteiger partial charge in [-0.3, -0.25) is 0 Å². The number of nitrogens with two attached hydrogens (primary N) is 1. The van der Waals surface area contributed by atoms with Gasteiger partial charge in [-0.2, -0.15) is 4.37 Å². The summed E-state index contributed by atoms with van der Waals surface area (Å²) in [7, 11) is -2.18. The van der Waals surface area contributed by atoms with Crippen LogP contribution in [0.2, 0.25) is 0 Å². The van der Waals surface area contributed by atoms with Gasteiger partial charge in [-0.05, 0) is 36.8 Å². The van der Waals surface area contributed by atoms with Gasteiger partial charge in [0.25, 0.3) is 0 Å². The third kappa shape index (κ3) is 3.29. The molecule has 108 valence electrons. The zero-order chi connectivity index (χ0) is 14.8. The first kappa shape index (κ1) is 15.2. The maximum atomic E-state index is 11.7. The molecule has 0 saturated carbocycles. The van der Waals surface area contributed by atoms with E-state index in [1.54, 1.807) is 12.1 Å². The molecule has 1 aromatic carbocycles. The molecule has 0 atom stereocenters. The highest BCUT2D eigenvalue weighted by atomic mass is 32.2. The van der Waals surface area contributed by atoms with E-state index in [2.05, 4.69) is 14.1 Å². The van der Waals surface area contributed by atoms with Crippen LogP contribution < -0.4 is 10.5 Å². The number of aromatic nitrogens is 2. The van der Waals surface area contributed by atoms with Crippen LogP contribution in [0.5, 0.6) is 0 Å². The first-order valence-corrected chi connectivity index (χ1v) is 8.87. The molecule has 0 amide bonds. The molecule has 0 aliphatic heterocycles. The topological polar surface area (TPSA) is 98.0 Å². The number of aryl methyl sites for hydroxylation is 1. The zero-order valence-electron chi connectivity index (χ0n) is 11.0. The summed E-state index contributed by atoms with van der Waals surface area (Å²) in [5.74, 6) is 0.805. The minimum absolute atomic E-state index is 0.0795. The Morgan fingerprint density at radius 2 is 2.20 bits per heavy atom. The summed E-state index contributed by atoms with van der Waals surface area (Å²) >= 11 is 2.73. The Labute approximate surface area is 126 Å². The van der Waals surface area contributed by atoms with Crippen LogP contribution in [0.1, 0.15) is 12.7 Å². The normalized spacial score (nSPS) is 11.7. The third-order valence-corrected chi connectivity index (χ3v) is 5.78. The first-order valence-electron chi connectivity index (χ1n) is 5.79. The van der Waals surface area contributed by atoms with Gasteiger partial charge in [0, 0.05) is 11.3 Å². The Balaban J connectivity index is 2.25. The molecule has 0 bridgehead atoms. The molecule has 20 heavy (non-hydrogen) atoms. The second-order valence-corrected chi connectivity index (χ2v) is 7.77. The SMILES string of the molecule is CCc1nsc(Sc2ccc(S(=O)(=O)NC)c(N)c2)n1. The van der Waals surface area contributed by atoms with Crippen molar-refractivity contribution in [2.24, 2.45) is 0 Å². The van der Waals surface area contributed by atoms with E-state index in [9.17, 15) is 8.42 Å². The lowest BCUT2D eigenvalue weighted by Crippen LogP contribution is -2.19. The molecule has 0 aliphatic rings. The number of rotatable bonds is 5. The van der Waals surface area contributed by atoms with Gasteiger partial charge in [0.15, 0.2) is 4.34 Å². The molecule has 2 aromatic rings. The molecular weight excluding hydrogens is 316 g/mol. The Bertz CT molecular complexity index is 712. The summed E-state index contributed by atoms with van der Waals surface area (Å²) in [5, 5.41) is 0. The van der Waals surface area contributed by atoms with E-state index < -0.39 is 10.0 Å². The fourth-order valence-electron chi connectivity index (χ4n) is 1.47. The van der Waals surface area contributed by atoms with E-state index in [-0.39, 0.29) is 10.6 Å². The van der Waals surface area contributed by atoms with Crippen molar-refractivity contribution in [2.75, 3.05) is 12.8 Å². The van der Waals surface area contributed by atoms with Crippen LogP contribution in [-0.2, 0) is 16.4 Å². The van der Waals surface area contributed by atoms with E-state index in [1.165, 1.54) is 36.4 Å². The van der Waals surface area contributed by atoms with E-state index in [4.69, 9.17) is 5.73 Å². The molecule has 0 fully saturated rings. The van der Waals surface area contributed by atoms with Gasteiger partial charge >= 0.3 is 0 Å². The number of nitrogens with zero attached hydrogens (tertiary/aromatic N) is 2. The van der Waals surface area contributed by atoms with Gasteiger partial charge in [0.1, 0.15) is 10.7 Å². The van der Waals surface area contributed by atoms with Gasteiger partial charge < -0.3 is 5.73 Å². The minimum Gasteiger partial charge on any atom is -0.398 e. The summed E-state index contributed by atoms with van der Waals surface area (Å²) < 4.78 is 30.7. The average Bonchev–Trinajstić information content (AvgIpc) is 2.86. The maximum absolute atomic E-state index is 11.7. The lowest BCUT2D eigenvalue weighted by molar-refractivity contribution is 0.588. The van der Waals surface area contributed by atoms with Crippen LogP contribution in [0.4, 0.5) is 5.69 Å². The highest BCUT2D eigenvalue weighted by Gasteiger charge is 2.16. The van der Waals surface area contributed by atoms with Crippen LogP contribution in [0.25, 0.3) is 0 Å². The Hall–Kier alpha value is -1.16. The van der Waals surface area contributed by atoms with E-state index in [1.807, 2.05) is 6.92 Å². The highest BCUT2D eigenvalue weighted by Crippen LogP contribution is 2.32. The Morgan fingerprint density at radius 3 is 2.75 bits per heavy atom. The standard InChI is InChI=1S/C11H14N4O2S3/c1-3-10-14-11(19-15-10)18-7-4-5-9(8(12)6-7)20(16,17)13-2/h4-6,13H,3,12H2,1-2H3. The number of benzene rings is 1. The lowest BCUT2D eigenvalue weighted by atomic mass is 10.3. The fourth-order valence-corrected chi connectivity index (χ4v) is 4.03. The molecule has 0 spiro atoms. The molecule has 1 heterocycles. The van der Waals surface area contributed by atoms with Crippen molar-refractivity contribution < 1.29 is 8.42 Å². The molecule has 1 aromatic heterocycles. The summed E-state index contributed by atoms with van der Waals surface area (Å²) in [6.07, 6.45) is 0.790. The number of anilines is 1. The van der Waals surface area contributed by atoms with Gasteiger partial charge in [0.2, 0.25) is 10.0 Å². The van der Waals surface area contributed by atoms with Gasteiger partial charge in [-0.25, -0.2) is 18.1 Å². The smallest absolute Gasteiger partial charge is 0.242 e. The third-order valence-electron chi connectivity index (χ3n) is 2.51. The van der Waals surface area contributed by atoms with Crippen molar-refractivity contribution in [2.45, 2.75) is 27.5 Å². The van der Waals surface area contributed by atoms with E-state index in [0.29, 0.717) is 0 Å². The molecule has 9 heteroatoms. The quantitative estimate of drug-likeness (QED) is 0.810. The maximum Gasteiger partial charge on any atom is 0.242 e. The van der Waals surface area contributed by atoms with Crippen LogP contribution in [0.3, 0.4) is 0 Å². The molecule has 0 radical (unpaired) electrons. The van der Waals surface area contributed by atoms with Gasteiger partial charge in [-0.15, -0.1) is 0 Å². The van der Waals surface area contributed by atoms with Crippen LogP contribution in [-0.4, -0.2) is 24.8 Å². The van der Waals surface area contributed by atoms with Crippen molar-refractivity contribution in [3.63, 3.8) is 0 Å². The highest BCUT2D eigenvalue weighted by molar-refractivity contribution is 8.01. The van der Waals surface area contributed by atoms with Gasteiger partial charge in [0.05, 0.1) is 5.69 Å². The fraction of sp³-hybridized carbons (Fsp3) is 0.273. The second kappa shape index (κ2) is 6.08. The molecule has 0 unspecified atom stereocenters. The predicted octanol–water partition coefficient (Wildman–Crippen LogP) is 1.74. The molecule has 0 aliphatic carbocycles. The Kier molecular flexibility index (Phi) is 4.63. The first-order chi connectivity index (χ1) is 9.46. The van der Waals surface area contributed by atoms with Crippen molar-refractivity contribution in [1.82, 2.24) is 14.1 Å². The molecule has 0 saturated heterocycles. The van der Waals surface area contributed by atoms with Crippen molar-refractivity contribution in [3.05, 3.63) is 24.0 Å². The summed E-state index contributed by atoms with van der Waals surface area (Å²) in [6.45, 7) is 1.99. The second-order valence-electron chi connectivity index (χ2n) is 3.84. The number of hydrogen-bond acceptors (Lipinski definition) is 7. The summed E-state index contributed by atoms with van der Waals surface area (Å²) in [4.78, 5) is 5.25.